The van der Waals surface area contributed by atoms with E-state index in [2.05, 4.69) is 0 Å². The van der Waals surface area contributed by atoms with Crippen molar-refractivity contribution < 1.29 is 19.3 Å². The summed E-state index contributed by atoms with van der Waals surface area (Å²) < 4.78 is 16.9. The lowest BCUT2D eigenvalue weighted by Crippen LogP contribution is -2.29. The first-order valence-corrected chi connectivity index (χ1v) is 6.11. The minimum atomic E-state index is -1.09. The average Bonchev–Trinajstić information content (AvgIpc) is 2.35. The number of aliphatic hydroxyl groups is 1. The maximum absolute atomic E-state index is 9.53. The van der Waals surface area contributed by atoms with E-state index in [4.69, 9.17) is 14.2 Å². The molecule has 0 radical (unpaired) electrons. The number of thioether (sulfide) groups is 1. The monoisotopic (exact) mass is 234 g/mol. The SMILES string of the molecule is CC(C)(O)O[C@H]1C[C@@H]2OC(C)(C)O[C@@H]2S1. The molecular weight excluding hydrogens is 216 g/mol. The molecule has 2 aliphatic heterocycles. The van der Waals surface area contributed by atoms with E-state index in [0.717, 1.165) is 6.42 Å². The van der Waals surface area contributed by atoms with Crippen molar-refractivity contribution in [2.24, 2.45) is 0 Å². The Labute approximate surface area is 94.3 Å². The van der Waals surface area contributed by atoms with E-state index in [9.17, 15) is 5.11 Å². The zero-order chi connectivity index (χ0) is 11.3. The summed E-state index contributed by atoms with van der Waals surface area (Å²) >= 11 is 1.58. The van der Waals surface area contributed by atoms with Crippen molar-refractivity contribution in [2.75, 3.05) is 0 Å². The van der Waals surface area contributed by atoms with Crippen molar-refractivity contribution in [3.05, 3.63) is 0 Å². The molecule has 0 aromatic heterocycles. The van der Waals surface area contributed by atoms with Gasteiger partial charge < -0.3 is 19.3 Å². The van der Waals surface area contributed by atoms with Crippen LogP contribution in [0.5, 0.6) is 0 Å². The number of hydrogen-bond donors (Lipinski definition) is 1. The Balaban J connectivity index is 1.89. The lowest BCUT2D eigenvalue weighted by molar-refractivity contribution is -0.192. The van der Waals surface area contributed by atoms with E-state index in [1.54, 1.807) is 25.6 Å². The van der Waals surface area contributed by atoms with Crippen molar-refractivity contribution in [1.29, 1.82) is 0 Å². The molecule has 0 aromatic carbocycles. The smallest absolute Gasteiger partial charge is 0.164 e. The summed E-state index contributed by atoms with van der Waals surface area (Å²) in [6.07, 6.45) is 0.847. The summed E-state index contributed by atoms with van der Waals surface area (Å²) in [5.41, 5.74) is -0.0107. The fourth-order valence-electron chi connectivity index (χ4n) is 1.87. The molecule has 2 rings (SSSR count). The topological polar surface area (TPSA) is 47.9 Å². The molecule has 2 saturated heterocycles. The van der Waals surface area contributed by atoms with Gasteiger partial charge in [-0.05, 0) is 27.7 Å². The van der Waals surface area contributed by atoms with Crippen LogP contribution in [-0.2, 0) is 14.2 Å². The van der Waals surface area contributed by atoms with Crippen LogP contribution in [0.3, 0.4) is 0 Å². The molecular formula is C10H18O4S. The van der Waals surface area contributed by atoms with Crippen LogP contribution < -0.4 is 0 Å². The van der Waals surface area contributed by atoms with Gasteiger partial charge in [0.1, 0.15) is 10.9 Å². The van der Waals surface area contributed by atoms with Gasteiger partial charge in [-0.25, -0.2) is 0 Å². The molecule has 0 bridgehead atoms. The van der Waals surface area contributed by atoms with Gasteiger partial charge in [-0.2, -0.15) is 0 Å². The Kier molecular flexibility index (Phi) is 2.80. The third-order valence-corrected chi connectivity index (χ3v) is 3.53. The first-order chi connectivity index (χ1) is 6.75. The van der Waals surface area contributed by atoms with Crippen molar-refractivity contribution >= 4 is 11.8 Å². The van der Waals surface area contributed by atoms with Gasteiger partial charge in [0.15, 0.2) is 11.6 Å². The largest absolute Gasteiger partial charge is 0.366 e. The molecule has 2 fully saturated rings. The Bertz CT molecular complexity index is 232. The molecule has 4 nitrogen and oxygen atoms in total. The summed E-state index contributed by atoms with van der Waals surface area (Å²) in [4.78, 5) is 0. The first kappa shape index (κ1) is 11.7. The van der Waals surface area contributed by atoms with Gasteiger partial charge in [0.05, 0.1) is 6.10 Å². The van der Waals surface area contributed by atoms with Gasteiger partial charge in [0, 0.05) is 6.42 Å². The third-order valence-electron chi connectivity index (χ3n) is 2.27. The minimum Gasteiger partial charge on any atom is -0.366 e. The van der Waals surface area contributed by atoms with Gasteiger partial charge in [0.2, 0.25) is 0 Å². The van der Waals surface area contributed by atoms with Crippen LogP contribution in [0, 0.1) is 0 Å². The van der Waals surface area contributed by atoms with Gasteiger partial charge >= 0.3 is 0 Å². The summed E-state index contributed by atoms with van der Waals surface area (Å²) in [5.74, 6) is -1.58. The van der Waals surface area contributed by atoms with E-state index >= 15 is 0 Å². The molecule has 0 amide bonds. The number of rotatable bonds is 2. The van der Waals surface area contributed by atoms with E-state index < -0.39 is 11.6 Å². The van der Waals surface area contributed by atoms with Crippen LogP contribution in [0.1, 0.15) is 34.1 Å². The average molecular weight is 234 g/mol. The van der Waals surface area contributed by atoms with Gasteiger partial charge in [-0.1, -0.05) is 11.8 Å². The molecule has 2 heterocycles. The van der Waals surface area contributed by atoms with E-state index in [1.807, 2.05) is 13.8 Å². The Hall–Kier alpha value is 0.190. The lowest BCUT2D eigenvalue weighted by Gasteiger charge is -2.25. The van der Waals surface area contributed by atoms with Crippen molar-refractivity contribution in [1.82, 2.24) is 0 Å². The Morgan fingerprint density at radius 3 is 2.60 bits per heavy atom. The van der Waals surface area contributed by atoms with Crippen LogP contribution in [0.25, 0.3) is 0 Å². The number of fused-ring (bicyclic) bond motifs is 1. The Morgan fingerprint density at radius 1 is 1.40 bits per heavy atom. The minimum absolute atomic E-state index is 0.0346. The highest BCUT2D eigenvalue weighted by Crippen LogP contribution is 2.46. The first-order valence-electron chi connectivity index (χ1n) is 5.16. The van der Waals surface area contributed by atoms with Crippen LogP contribution >= 0.6 is 11.8 Å². The maximum Gasteiger partial charge on any atom is 0.164 e. The van der Waals surface area contributed by atoms with Crippen LogP contribution in [0.15, 0.2) is 0 Å². The Morgan fingerprint density at radius 2 is 2.07 bits per heavy atom. The number of hydrogen-bond acceptors (Lipinski definition) is 5. The molecule has 1 N–H and O–H groups in total. The van der Waals surface area contributed by atoms with E-state index in [-0.39, 0.29) is 17.0 Å². The molecule has 0 aliphatic carbocycles. The second-order valence-corrected chi connectivity index (χ2v) is 6.17. The van der Waals surface area contributed by atoms with Crippen LogP contribution in [0.2, 0.25) is 0 Å². The fraction of sp³-hybridized carbons (Fsp3) is 1.00. The van der Waals surface area contributed by atoms with E-state index in [1.165, 1.54) is 0 Å². The highest BCUT2D eigenvalue weighted by molar-refractivity contribution is 8.00. The van der Waals surface area contributed by atoms with Gasteiger partial charge in [-0.15, -0.1) is 0 Å². The highest BCUT2D eigenvalue weighted by Gasteiger charge is 2.49. The van der Waals surface area contributed by atoms with Crippen molar-refractivity contribution in [3.8, 4) is 0 Å². The molecule has 3 atom stereocenters. The summed E-state index contributed by atoms with van der Waals surface area (Å²) in [5, 5.41) is 9.53. The quantitative estimate of drug-likeness (QED) is 0.736. The molecule has 2 aliphatic rings. The summed E-state index contributed by atoms with van der Waals surface area (Å²) in [6.45, 7) is 7.09. The van der Waals surface area contributed by atoms with Crippen molar-refractivity contribution in [2.45, 2.75) is 62.7 Å². The molecule has 0 saturated carbocycles. The molecule has 0 spiro atoms. The molecule has 88 valence electrons. The van der Waals surface area contributed by atoms with Crippen LogP contribution in [-0.4, -0.2) is 33.7 Å². The summed E-state index contributed by atoms with van der Waals surface area (Å²) in [6, 6.07) is 0. The van der Waals surface area contributed by atoms with Gasteiger partial charge in [0.25, 0.3) is 0 Å². The lowest BCUT2D eigenvalue weighted by atomic mass is 10.3. The molecule has 5 heteroatoms. The second-order valence-electron chi connectivity index (χ2n) is 4.91. The zero-order valence-corrected chi connectivity index (χ0v) is 10.3. The molecule has 0 unspecified atom stereocenters. The molecule has 0 aromatic rings. The summed E-state index contributed by atoms with van der Waals surface area (Å²) in [7, 11) is 0. The maximum atomic E-state index is 9.53. The van der Waals surface area contributed by atoms with Crippen molar-refractivity contribution in [3.63, 3.8) is 0 Å². The fourth-order valence-corrected chi connectivity index (χ4v) is 3.39. The molecule has 15 heavy (non-hydrogen) atoms. The zero-order valence-electron chi connectivity index (χ0n) is 9.52. The van der Waals surface area contributed by atoms with Gasteiger partial charge in [-0.3, -0.25) is 0 Å². The predicted molar refractivity (Wildman–Crippen MR) is 57.2 cm³/mol. The third kappa shape index (κ3) is 2.85. The second kappa shape index (κ2) is 3.60. The predicted octanol–water partition coefficient (Wildman–Crippen LogP) is 1.67. The van der Waals surface area contributed by atoms with E-state index in [0.29, 0.717) is 0 Å². The highest BCUT2D eigenvalue weighted by atomic mass is 32.2. The normalized spacial score (nSPS) is 39.4. The number of ether oxygens (including phenoxy) is 3. The van der Waals surface area contributed by atoms with Crippen LogP contribution in [0.4, 0.5) is 0 Å². The standard InChI is InChI=1S/C10H18O4S/c1-9(2,11)13-7-5-6-8(15-7)14-10(3,4)12-6/h6-8,11H,5H2,1-4H3/t6-,7+,8+/m0/s1.